The maximum atomic E-state index is 11.2. The minimum Gasteiger partial charge on any atom is -0.460 e. The van der Waals surface area contributed by atoms with Crippen LogP contribution in [0.1, 0.15) is 34.6 Å². The molecule has 0 rings (SSSR count). The first-order valence-corrected chi connectivity index (χ1v) is 5.99. The van der Waals surface area contributed by atoms with Crippen LogP contribution in [-0.2, 0) is 19.0 Å². The van der Waals surface area contributed by atoms with Crippen molar-refractivity contribution in [3.05, 3.63) is 12.2 Å². The molecule has 1 N–H and O–H groups in total. The first kappa shape index (κ1) is 17.1. The highest BCUT2D eigenvalue weighted by molar-refractivity contribution is 5.86. The lowest BCUT2D eigenvalue weighted by Crippen LogP contribution is -2.42. The number of aliphatic hydroxyl groups is 1. The Hall–Kier alpha value is -0.910. The molecule has 5 heteroatoms. The summed E-state index contributed by atoms with van der Waals surface area (Å²) < 4.78 is 16.0. The standard InChI is InChI=1S/C13H24O5/c1-9(2)12(15)16-7-11(5)18-13(6,8-14)17-10(3)4/h10-11,14H,1,7-8H2,2-6H3. The van der Waals surface area contributed by atoms with Gasteiger partial charge in [0.15, 0.2) is 5.79 Å². The van der Waals surface area contributed by atoms with E-state index in [0.717, 1.165) is 0 Å². The normalized spacial score (nSPS) is 16.2. The fourth-order valence-electron chi connectivity index (χ4n) is 1.38. The van der Waals surface area contributed by atoms with Crippen molar-refractivity contribution in [2.24, 2.45) is 0 Å². The van der Waals surface area contributed by atoms with Gasteiger partial charge in [0, 0.05) is 5.57 Å². The van der Waals surface area contributed by atoms with Crippen LogP contribution in [0, 0.1) is 0 Å². The number of aliphatic hydroxyl groups excluding tert-OH is 1. The van der Waals surface area contributed by atoms with E-state index in [0.29, 0.717) is 5.57 Å². The maximum Gasteiger partial charge on any atom is 0.333 e. The average molecular weight is 260 g/mol. The van der Waals surface area contributed by atoms with E-state index in [1.165, 1.54) is 0 Å². The highest BCUT2D eigenvalue weighted by Crippen LogP contribution is 2.17. The topological polar surface area (TPSA) is 65.0 Å². The van der Waals surface area contributed by atoms with Crippen molar-refractivity contribution in [1.82, 2.24) is 0 Å². The Bertz CT molecular complexity index is 287. The second kappa shape index (κ2) is 7.51. The number of rotatable bonds is 8. The second-order valence-corrected chi connectivity index (χ2v) is 4.77. The molecule has 0 aliphatic carbocycles. The van der Waals surface area contributed by atoms with Crippen molar-refractivity contribution in [2.75, 3.05) is 13.2 Å². The van der Waals surface area contributed by atoms with Crippen LogP contribution in [0.15, 0.2) is 12.2 Å². The smallest absolute Gasteiger partial charge is 0.333 e. The van der Waals surface area contributed by atoms with E-state index in [1.807, 2.05) is 13.8 Å². The fourth-order valence-corrected chi connectivity index (χ4v) is 1.38. The van der Waals surface area contributed by atoms with E-state index >= 15 is 0 Å². The summed E-state index contributed by atoms with van der Waals surface area (Å²) >= 11 is 0. The van der Waals surface area contributed by atoms with E-state index < -0.39 is 11.8 Å². The quantitative estimate of drug-likeness (QED) is 0.408. The van der Waals surface area contributed by atoms with Crippen LogP contribution >= 0.6 is 0 Å². The lowest BCUT2D eigenvalue weighted by molar-refractivity contribution is -0.279. The number of carbonyl (C=O) groups is 1. The second-order valence-electron chi connectivity index (χ2n) is 4.77. The zero-order chi connectivity index (χ0) is 14.3. The van der Waals surface area contributed by atoms with E-state index in [2.05, 4.69) is 6.58 Å². The lowest BCUT2D eigenvalue weighted by atomic mass is 10.3. The van der Waals surface area contributed by atoms with Gasteiger partial charge in [0.1, 0.15) is 6.61 Å². The number of hydrogen-bond acceptors (Lipinski definition) is 5. The predicted molar refractivity (Wildman–Crippen MR) is 68.0 cm³/mol. The van der Waals surface area contributed by atoms with E-state index in [9.17, 15) is 9.90 Å². The molecule has 0 spiro atoms. The van der Waals surface area contributed by atoms with Crippen molar-refractivity contribution in [2.45, 2.75) is 52.6 Å². The molecular formula is C13H24O5. The fraction of sp³-hybridized carbons (Fsp3) is 0.769. The summed E-state index contributed by atoms with van der Waals surface area (Å²) in [7, 11) is 0. The van der Waals surface area contributed by atoms with Gasteiger partial charge in [0.05, 0.1) is 18.8 Å². The first-order chi connectivity index (χ1) is 8.20. The molecule has 5 nitrogen and oxygen atoms in total. The van der Waals surface area contributed by atoms with Crippen molar-refractivity contribution in [3.63, 3.8) is 0 Å². The Kier molecular flexibility index (Phi) is 7.13. The van der Waals surface area contributed by atoms with E-state index in [-0.39, 0.29) is 25.4 Å². The molecule has 0 saturated carbocycles. The van der Waals surface area contributed by atoms with E-state index in [4.69, 9.17) is 14.2 Å². The van der Waals surface area contributed by atoms with Crippen molar-refractivity contribution in [1.29, 1.82) is 0 Å². The summed E-state index contributed by atoms with van der Waals surface area (Å²) in [6.07, 6.45) is -0.462. The van der Waals surface area contributed by atoms with Gasteiger partial charge < -0.3 is 19.3 Å². The Morgan fingerprint density at radius 3 is 2.28 bits per heavy atom. The molecule has 0 aromatic heterocycles. The van der Waals surface area contributed by atoms with Gasteiger partial charge >= 0.3 is 5.97 Å². The van der Waals surface area contributed by atoms with Crippen molar-refractivity contribution >= 4 is 5.97 Å². The number of hydrogen-bond donors (Lipinski definition) is 1. The third-order valence-electron chi connectivity index (χ3n) is 2.02. The number of esters is 1. The molecule has 2 unspecified atom stereocenters. The summed E-state index contributed by atoms with van der Waals surface area (Å²) in [4.78, 5) is 11.2. The Balaban J connectivity index is 4.23. The SMILES string of the molecule is C=C(C)C(=O)OCC(C)OC(C)(CO)OC(C)C. The Morgan fingerprint density at radius 2 is 1.89 bits per heavy atom. The molecule has 2 atom stereocenters. The van der Waals surface area contributed by atoms with Crippen LogP contribution in [0.3, 0.4) is 0 Å². The molecule has 0 saturated heterocycles. The zero-order valence-corrected chi connectivity index (χ0v) is 11.9. The third-order valence-corrected chi connectivity index (χ3v) is 2.02. The van der Waals surface area contributed by atoms with Gasteiger partial charge in [-0.05, 0) is 34.6 Å². The molecule has 0 heterocycles. The Morgan fingerprint density at radius 1 is 1.33 bits per heavy atom. The van der Waals surface area contributed by atoms with Crippen LogP contribution in [0.2, 0.25) is 0 Å². The molecule has 18 heavy (non-hydrogen) atoms. The zero-order valence-electron chi connectivity index (χ0n) is 11.9. The molecule has 0 aromatic rings. The van der Waals surface area contributed by atoms with Gasteiger partial charge in [0.25, 0.3) is 0 Å². The van der Waals surface area contributed by atoms with Crippen molar-refractivity contribution < 1.29 is 24.1 Å². The van der Waals surface area contributed by atoms with Gasteiger partial charge in [-0.25, -0.2) is 4.79 Å². The summed E-state index contributed by atoms with van der Waals surface area (Å²) in [6, 6.07) is 0. The van der Waals surface area contributed by atoms with Gasteiger partial charge in [-0.1, -0.05) is 6.58 Å². The van der Waals surface area contributed by atoms with Gasteiger partial charge in [-0.3, -0.25) is 0 Å². The molecule has 0 radical (unpaired) electrons. The molecule has 0 amide bonds. The van der Waals surface area contributed by atoms with Gasteiger partial charge in [0.2, 0.25) is 0 Å². The largest absolute Gasteiger partial charge is 0.460 e. The molecule has 0 fully saturated rings. The minimum absolute atomic E-state index is 0.0766. The monoisotopic (exact) mass is 260 g/mol. The molecule has 0 aliphatic rings. The molecule has 106 valence electrons. The first-order valence-electron chi connectivity index (χ1n) is 5.99. The summed E-state index contributed by atoms with van der Waals surface area (Å²) in [6.45, 7) is 12.0. The van der Waals surface area contributed by atoms with E-state index in [1.54, 1.807) is 20.8 Å². The van der Waals surface area contributed by atoms with Gasteiger partial charge in [-0.15, -0.1) is 0 Å². The van der Waals surface area contributed by atoms with Crippen LogP contribution < -0.4 is 0 Å². The summed E-state index contributed by atoms with van der Waals surface area (Å²) in [5.41, 5.74) is 0.338. The number of ether oxygens (including phenoxy) is 3. The molecule has 0 aromatic carbocycles. The molecule has 0 aliphatic heterocycles. The third kappa shape index (κ3) is 6.74. The van der Waals surface area contributed by atoms with Crippen LogP contribution in [-0.4, -0.2) is 42.3 Å². The highest BCUT2D eigenvalue weighted by Gasteiger charge is 2.29. The van der Waals surface area contributed by atoms with Crippen LogP contribution in [0.4, 0.5) is 0 Å². The molecule has 0 bridgehead atoms. The molecular weight excluding hydrogens is 236 g/mol. The van der Waals surface area contributed by atoms with Crippen molar-refractivity contribution in [3.8, 4) is 0 Å². The summed E-state index contributed by atoms with van der Waals surface area (Å²) in [5.74, 6) is -1.55. The number of carbonyl (C=O) groups excluding carboxylic acids is 1. The van der Waals surface area contributed by atoms with Crippen LogP contribution in [0.5, 0.6) is 0 Å². The lowest BCUT2D eigenvalue weighted by Gasteiger charge is -2.32. The van der Waals surface area contributed by atoms with Gasteiger partial charge in [-0.2, -0.15) is 0 Å². The summed E-state index contributed by atoms with van der Waals surface area (Å²) in [5, 5.41) is 9.28. The maximum absolute atomic E-state index is 11.2. The Labute approximate surface area is 109 Å². The average Bonchev–Trinajstić information content (AvgIpc) is 2.24. The van der Waals surface area contributed by atoms with Crippen LogP contribution in [0.25, 0.3) is 0 Å². The minimum atomic E-state index is -1.09. The highest BCUT2D eigenvalue weighted by atomic mass is 16.7. The predicted octanol–water partition coefficient (Wildman–Crippen LogP) is 1.64.